The summed E-state index contributed by atoms with van der Waals surface area (Å²) >= 11 is 0. The number of amides is 1. The summed E-state index contributed by atoms with van der Waals surface area (Å²) in [7, 11) is 0. The molecule has 2 rings (SSSR count). The van der Waals surface area contributed by atoms with Crippen molar-refractivity contribution < 1.29 is 15.0 Å². The Labute approximate surface area is 107 Å². The average molecular weight is 249 g/mol. The largest absolute Gasteiger partial charge is 0.507 e. The monoisotopic (exact) mass is 249 g/mol. The molecule has 98 valence electrons. The van der Waals surface area contributed by atoms with Crippen LogP contribution in [0.3, 0.4) is 0 Å². The first-order valence-corrected chi connectivity index (χ1v) is 6.47. The van der Waals surface area contributed by atoms with E-state index >= 15 is 0 Å². The van der Waals surface area contributed by atoms with Crippen molar-refractivity contribution in [2.75, 3.05) is 6.54 Å². The van der Waals surface area contributed by atoms with Crippen molar-refractivity contribution in [3.05, 3.63) is 23.8 Å². The van der Waals surface area contributed by atoms with Gasteiger partial charge in [0.05, 0.1) is 0 Å². The first kappa shape index (κ1) is 12.7. The van der Waals surface area contributed by atoms with Gasteiger partial charge < -0.3 is 15.5 Å². The number of phenolic OH excluding ortho intramolecular Hbond substituents is 2. The zero-order chi connectivity index (χ0) is 13.0. The standard InChI is InChI=1S/C14H19NO3/c16-11-6-3-7-12(17)13(11)14(18)15-9-8-10-4-1-2-5-10/h3,6-7,10,16-17H,1-2,4-5,8-9H2,(H,15,18). The van der Waals surface area contributed by atoms with Gasteiger partial charge in [-0.05, 0) is 24.5 Å². The average Bonchev–Trinajstić information content (AvgIpc) is 2.82. The van der Waals surface area contributed by atoms with Gasteiger partial charge in [0.2, 0.25) is 0 Å². The van der Waals surface area contributed by atoms with Crippen LogP contribution in [0.1, 0.15) is 42.5 Å². The minimum Gasteiger partial charge on any atom is -0.507 e. The van der Waals surface area contributed by atoms with Gasteiger partial charge in [-0.15, -0.1) is 0 Å². The van der Waals surface area contributed by atoms with Crippen LogP contribution in [0.25, 0.3) is 0 Å². The SMILES string of the molecule is O=C(NCCC1CCCC1)c1c(O)cccc1O. The smallest absolute Gasteiger partial charge is 0.258 e. The molecule has 1 amide bonds. The van der Waals surface area contributed by atoms with Crippen LogP contribution in [0.2, 0.25) is 0 Å². The fraction of sp³-hybridized carbons (Fsp3) is 0.500. The second-order valence-electron chi connectivity index (χ2n) is 4.87. The molecule has 0 atom stereocenters. The quantitative estimate of drug-likeness (QED) is 0.767. The molecule has 3 N–H and O–H groups in total. The number of hydrogen-bond donors (Lipinski definition) is 3. The molecule has 1 aromatic rings. The van der Waals surface area contributed by atoms with Gasteiger partial charge in [-0.3, -0.25) is 4.79 Å². The van der Waals surface area contributed by atoms with E-state index < -0.39 is 5.91 Å². The third kappa shape index (κ3) is 2.94. The summed E-state index contributed by atoms with van der Waals surface area (Å²) in [4.78, 5) is 11.8. The lowest BCUT2D eigenvalue weighted by atomic mass is 10.0. The maximum atomic E-state index is 11.8. The summed E-state index contributed by atoms with van der Waals surface area (Å²) in [5, 5.41) is 21.9. The summed E-state index contributed by atoms with van der Waals surface area (Å²) in [5.74, 6) is -0.0754. The molecule has 0 saturated heterocycles. The summed E-state index contributed by atoms with van der Waals surface area (Å²) in [6.45, 7) is 0.595. The minimum absolute atomic E-state index is 0.0380. The van der Waals surface area contributed by atoms with Crippen molar-refractivity contribution in [3.8, 4) is 11.5 Å². The lowest BCUT2D eigenvalue weighted by Crippen LogP contribution is -2.25. The van der Waals surface area contributed by atoms with Gasteiger partial charge in [-0.1, -0.05) is 31.7 Å². The molecule has 4 nitrogen and oxygen atoms in total. The Morgan fingerprint density at radius 2 is 1.83 bits per heavy atom. The first-order valence-electron chi connectivity index (χ1n) is 6.47. The van der Waals surface area contributed by atoms with E-state index in [9.17, 15) is 15.0 Å². The molecule has 1 aromatic carbocycles. The second kappa shape index (κ2) is 5.76. The Kier molecular flexibility index (Phi) is 4.07. The summed E-state index contributed by atoms with van der Waals surface area (Å²) in [5.41, 5.74) is -0.0380. The maximum absolute atomic E-state index is 11.8. The van der Waals surface area contributed by atoms with Gasteiger partial charge in [0.1, 0.15) is 17.1 Å². The molecule has 18 heavy (non-hydrogen) atoms. The molecule has 0 radical (unpaired) electrons. The first-order chi connectivity index (χ1) is 8.68. The molecule has 0 bridgehead atoms. The number of carbonyl (C=O) groups is 1. The lowest BCUT2D eigenvalue weighted by Gasteiger charge is -2.11. The number of benzene rings is 1. The summed E-state index contributed by atoms with van der Waals surface area (Å²) in [6.07, 6.45) is 6.05. The van der Waals surface area contributed by atoms with Crippen LogP contribution in [-0.2, 0) is 0 Å². The molecule has 0 unspecified atom stereocenters. The lowest BCUT2D eigenvalue weighted by molar-refractivity contribution is 0.0946. The zero-order valence-electron chi connectivity index (χ0n) is 10.4. The highest BCUT2D eigenvalue weighted by Crippen LogP contribution is 2.28. The van der Waals surface area contributed by atoms with Crippen LogP contribution in [0.4, 0.5) is 0 Å². The van der Waals surface area contributed by atoms with Crippen LogP contribution in [0.5, 0.6) is 11.5 Å². The molecule has 0 aromatic heterocycles. The zero-order valence-corrected chi connectivity index (χ0v) is 10.4. The Hall–Kier alpha value is -1.71. The Bertz CT molecular complexity index is 405. The van der Waals surface area contributed by atoms with E-state index in [1.54, 1.807) is 0 Å². The molecule has 0 aliphatic heterocycles. The number of carbonyl (C=O) groups excluding carboxylic acids is 1. The molecule has 0 heterocycles. The molecule has 0 spiro atoms. The Balaban J connectivity index is 1.87. The van der Waals surface area contributed by atoms with Crippen LogP contribution < -0.4 is 5.32 Å². The van der Waals surface area contributed by atoms with Crippen LogP contribution in [0, 0.1) is 5.92 Å². The molecule has 4 heteroatoms. The van der Waals surface area contributed by atoms with E-state index in [4.69, 9.17) is 0 Å². The van der Waals surface area contributed by atoms with Gasteiger partial charge in [-0.2, -0.15) is 0 Å². The van der Waals surface area contributed by atoms with Gasteiger partial charge in [-0.25, -0.2) is 0 Å². The molecule has 1 aliphatic carbocycles. The Morgan fingerprint density at radius 3 is 2.44 bits per heavy atom. The van der Waals surface area contributed by atoms with Gasteiger partial charge in [0, 0.05) is 6.54 Å². The van der Waals surface area contributed by atoms with E-state index in [2.05, 4.69) is 5.32 Å². The molecule has 1 saturated carbocycles. The Morgan fingerprint density at radius 1 is 1.22 bits per heavy atom. The predicted molar refractivity (Wildman–Crippen MR) is 68.7 cm³/mol. The van der Waals surface area contributed by atoms with Gasteiger partial charge >= 0.3 is 0 Å². The van der Waals surface area contributed by atoms with Crippen molar-refractivity contribution in [2.45, 2.75) is 32.1 Å². The number of hydrogen-bond acceptors (Lipinski definition) is 3. The van der Waals surface area contributed by atoms with Crippen molar-refractivity contribution in [1.82, 2.24) is 5.32 Å². The van der Waals surface area contributed by atoms with E-state index in [0.29, 0.717) is 12.5 Å². The van der Waals surface area contributed by atoms with Crippen molar-refractivity contribution >= 4 is 5.91 Å². The predicted octanol–water partition coefficient (Wildman–Crippen LogP) is 2.41. The molecule has 1 fully saturated rings. The molecular weight excluding hydrogens is 230 g/mol. The highest BCUT2D eigenvalue weighted by molar-refractivity contribution is 5.99. The van der Waals surface area contributed by atoms with E-state index in [1.807, 2.05) is 0 Å². The van der Waals surface area contributed by atoms with Crippen LogP contribution in [0.15, 0.2) is 18.2 Å². The normalized spacial score (nSPS) is 15.8. The second-order valence-corrected chi connectivity index (χ2v) is 4.87. The number of rotatable bonds is 4. The topological polar surface area (TPSA) is 69.6 Å². The summed E-state index contributed by atoms with van der Waals surface area (Å²) in [6, 6.07) is 4.29. The van der Waals surface area contributed by atoms with Crippen molar-refractivity contribution in [2.24, 2.45) is 5.92 Å². The third-order valence-corrected chi connectivity index (χ3v) is 3.56. The van der Waals surface area contributed by atoms with E-state index in [-0.39, 0.29) is 17.1 Å². The number of phenols is 2. The van der Waals surface area contributed by atoms with Gasteiger partial charge in [0.25, 0.3) is 5.91 Å². The van der Waals surface area contributed by atoms with E-state index in [0.717, 1.165) is 6.42 Å². The molecular formula is C14H19NO3. The van der Waals surface area contributed by atoms with Crippen LogP contribution in [-0.4, -0.2) is 22.7 Å². The fourth-order valence-electron chi connectivity index (χ4n) is 2.54. The minimum atomic E-state index is -0.413. The van der Waals surface area contributed by atoms with Crippen LogP contribution >= 0.6 is 0 Å². The van der Waals surface area contributed by atoms with Crippen molar-refractivity contribution in [3.63, 3.8) is 0 Å². The van der Waals surface area contributed by atoms with Crippen molar-refractivity contribution in [1.29, 1.82) is 0 Å². The highest BCUT2D eigenvalue weighted by atomic mass is 16.3. The summed E-state index contributed by atoms with van der Waals surface area (Å²) < 4.78 is 0. The van der Waals surface area contributed by atoms with Gasteiger partial charge in [0.15, 0.2) is 0 Å². The number of nitrogens with one attached hydrogen (secondary N) is 1. The highest BCUT2D eigenvalue weighted by Gasteiger charge is 2.17. The number of aromatic hydroxyl groups is 2. The molecule has 1 aliphatic rings. The third-order valence-electron chi connectivity index (χ3n) is 3.56. The maximum Gasteiger partial charge on any atom is 0.258 e. The van der Waals surface area contributed by atoms with E-state index in [1.165, 1.54) is 43.9 Å². The fourth-order valence-corrected chi connectivity index (χ4v) is 2.54.